The molecule has 0 spiro atoms. The summed E-state index contributed by atoms with van der Waals surface area (Å²) in [5.74, 6) is 0.576. The van der Waals surface area contributed by atoms with Crippen LogP contribution in [0.1, 0.15) is 38.2 Å². The van der Waals surface area contributed by atoms with E-state index in [0.29, 0.717) is 13.0 Å². The fourth-order valence-electron chi connectivity index (χ4n) is 3.38. The zero-order valence-electron chi connectivity index (χ0n) is 15.1. The molecule has 2 atom stereocenters. The lowest BCUT2D eigenvalue weighted by molar-refractivity contribution is -0.118. The number of nitrogens with one attached hydrogen (secondary N) is 1. The van der Waals surface area contributed by atoms with Gasteiger partial charge in [-0.2, -0.15) is 0 Å². The Morgan fingerprint density at radius 2 is 2.04 bits per heavy atom. The van der Waals surface area contributed by atoms with E-state index in [9.17, 15) is 9.59 Å². The lowest BCUT2D eigenvalue weighted by Crippen LogP contribution is -2.37. The number of oxime groups is 1. The van der Waals surface area contributed by atoms with Gasteiger partial charge in [-0.05, 0) is 43.4 Å². The third kappa shape index (κ3) is 4.38. The van der Waals surface area contributed by atoms with Gasteiger partial charge in [0.2, 0.25) is 5.91 Å². The third-order valence-corrected chi connectivity index (χ3v) is 5.94. The molecule has 0 aromatic heterocycles. The van der Waals surface area contributed by atoms with Crippen molar-refractivity contribution in [3.8, 4) is 5.75 Å². The average molecular weight is 376 g/mol. The van der Waals surface area contributed by atoms with Crippen LogP contribution in [0.3, 0.4) is 0 Å². The fraction of sp³-hybridized carbons (Fsp3) is 0.526. The van der Waals surface area contributed by atoms with Gasteiger partial charge in [0.25, 0.3) is 5.24 Å². The van der Waals surface area contributed by atoms with Crippen molar-refractivity contribution < 1.29 is 19.2 Å². The van der Waals surface area contributed by atoms with E-state index < -0.39 is 0 Å². The Morgan fingerprint density at radius 3 is 2.69 bits per heavy atom. The molecule has 1 aromatic carbocycles. The molecule has 1 saturated heterocycles. The zero-order chi connectivity index (χ0) is 18.6. The molecule has 3 rings (SSSR count). The quantitative estimate of drug-likeness (QED) is 0.769. The molecule has 1 aliphatic heterocycles. The Kier molecular flexibility index (Phi) is 5.86. The fourth-order valence-corrected chi connectivity index (χ4v) is 4.24. The maximum atomic E-state index is 11.7. The minimum atomic E-state index is -0.344. The molecule has 7 heteroatoms. The van der Waals surface area contributed by atoms with Crippen LogP contribution in [0.5, 0.6) is 5.75 Å². The minimum Gasteiger partial charge on any atom is -0.493 e. The summed E-state index contributed by atoms with van der Waals surface area (Å²) in [5, 5.41) is 5.90. The highest BCUT2D eigenvalue weighted by molar-refractivity contribution is 8.15. The summed E-state index contributed by atoms with van der Waals surface area (Å²) in [6.07, 6.45) is 4.83. The first kappa shape index (κ1) is 18.8. The number of imide groups is 1. The van der Waals surface area contributed by atoms with Crippen LogP contribution in [0, 0.1) is 5.41 Å². The Morgan fingerprint density at radius 1 is 1.27 bits per heavy atom. The van der Waals surface area contributed by atoms with Crippen molar-refractivity contribution in [1.29, 1.82) is 0 Å². The van der Waals surface area contributed by atoms with Gasteiger partial charge in [-0.1, -0.05) is 42.4 Å². The van der Waals surface area contributed by atoms with Crippen molar-refractivity contribution in [2.45, 2.75) is 44.3 Å². The topological polar surface area (TPSA) is 77.0 Å². The van der Waals surface area contributed by atoms with E-state index in [4.69, 9.17) is 9.57 Å². The van der Waals surface area contributed by atoms with Crippen LogP contribution in [0.4, 0.5) is 4.79 Å². The highest BCUT2D eigenvalue weighted by Crippen LogP contribution is 2.34. The SMILES string of the molecule is CON=C1CCCCC1(C)COc1ccc(CC2SC(=O)NC2=O)cc1. The predicted octanol–water partition coefficient (Wildman–Crippen LogP) is 3.54. The van der Waals surface area contributed by atoms with Crippen molar-refractivity contribution in [2.24, 2.45) is 10.6 Å². The summed E-state index contributed by atoms with van der Waals surface area (Å²) in [4.78, 5) is 27.9. The Balaban J connectivity index is 1.58. The number of carbonyl (C=O) groups excluding carboxylic acids is 2. The number of thioether (sulfide) groups is 1. The summed E-state index contributed by atoms with van der Waals surface area (Å²) in [5.41, 5.74) is 1.97. The van der Waals surface area contributed by atoms with Crippen LogP contribution in [-0.4, -0.2) is 35.8 Å². The molecule has 2 aliphatic rings. The smallest absolute Gasteiger partial charge is 0.286 e. The van der Waals surface area contributed by atoms with E-state index in [0.717, 1.165) is 48.0 Å². The van der Waals surface area contributed by atoms with Gasteiger partial charge in [0.1, 0.15) is 12.9 Å². The first-order valence-corrected chi connectivity index (χ1v) is 9.72. The first-order valence-electron chi connectivity index (χ1n) is 8.84. The Hall–Kier alpha value is -2.02. The number of carbonyl (C=O) groups is 2. The van der Waals surface area contributed by atoms with E-state index in [1.165, 1.54) is 6.42 Å². The monoisotopic (exact) mass is 376 g/mol. The Labute approximate surface area is 157 Å². The minimum absolute atomic E-state index is 0.105. The van der Waals surface area contributed by atoms with Gasteiger partial charge in [0, 0.05) is 5.41 Å². The molecule has 2 fully saturated rings. The molecule has 140 valence electrons. The van der Waals surface area contributed by atoms with E-state index in [2.05, 4.69) is 17.4 Å². The maximum absolute atomic E-state index is 11.7. The Bertz CT molecular complexity index is 704. The van der Waals surface area contributed by atoms with E-state index in [1.54, 1.807) is 7.11 Å². The van der Waals surface area contributed by atoms with Gasteiger partial charge in [-0.25, -0.2) is 0 Å². The van der Waals surface area contributed by atoms with Crippen LogP contribution in [0.15, 0.2) is 29.4 Å². The lowest BCUT2D eigenvalue weighted by Gasteiger charge is -2.34. The van der Waals surface area contributed by atoms with Gasteiger partial charge < -0.3 is 9.57 Å². The molecule has 1 heterocycles. The van der Waals surface area contributed by atoms with Crippen molar-refractivity contribution in [1.82, 2.24) is 5.32 Å². The number of benzene rings is 1. The first-order chi connectivity index (χ1) is 12.5. The van der Waals surface area contributed by atoms with Gasteiger partial charge in [0.15, 0.2) is 0 Å². The number of hydrogen-bond donors (Lipinski definition) is 1. The second-order valence-corrected chi connectivity index (χ2v) is 8.18. The predicted molar refractivity (Wildman–Crippen MR) is 102 cm³/mol. The summed E-state index contributed by atoms with van der Waals surface area (Å²) in [6, 6.07) is 7.71. The third-order valence-electron chi connectivity index (χ3n) is 4.96. The van der Waals surface area contributed by atoms with Crippen molar-refractivity contribution >= 4 is 28.6 Å². The van der Waals surface area contributed by atoms with Gasteiger partial charge in [-0.15, -0.1) is 0 Å². The van der Waals surface area contributed by atoms with Crippen molar-refractivity contribution in [2.75, 3.05) is 13.7 Å². The van der Waals surface area contributed by atoms with E-state index >= 15 is 0 Å². The number of amides is 2. The molecule has 2 amide bonds. The summed E-state index contributed by atoms with van der Waals surface area (Å²) < 4.78 is 6.01. The molecule has 2 unspecified atom stereocenters. The second-order valence-electron chi connectivity index (χ2n) is 7.01. The number of nitrogens with zero attached hydrogens (tertiary/aromatic N) is 1. The normalized spacial score (nSPS) is 27.5. The van der Waals surface area contributed by atoms with Crippen molar-refractivity contribution in [3.05, 3.63) is 29.8 Å². The summed E-state index contributed by atoms with van der Waals surface area (Å²) in [7, 11) is 1.58. The zero-order valence-corrected chi connectivity index (χ0v) is 15.9. The molecule has 1 saturated carbocycles. The molecule has 0 bridgehead atoms. The standard InChI is InChI=1S/C19H24N2O4S/c1-19(10-4-3-5-16(19)21-24-2)12-25-14-8-6-13(7-9-14)11-15-17(22)20-18(23)26-15/h6-9,15H,3-5,10-12H2,1-2H3,(H,20,22,23). The number of rotatable bonds is 6. The van der Waals surface area contributed by atoms with E-state index in [1.807, 2.05) is 24.3 Å². The molecule has 26 heavy (non-hydrogen) atoms. The second kappa shape index (κ2) is 8.12. The number of ether oxygens (including phenoxy) is 1. The van der Waals surface area contributed by atoms with Crippen molar-refractivity contribution in [3.63, 3.8) is 0 Å². The van der Waals surface area contributed by atoms with Crippen LogP contribution >= 0.6 is 11.8 Å². The van der Waals surface area contributed by atoms with Gasteiger partial charge >= 0.3 is 0 Å². The molecular formula is C19H24N2O4S. The van der Waals surface area contributed by atoms with Gasteiger partial charge in [0.05, 0.1) is 17.6 Å². The lowest BCUT2D eigenvalue weighted by atomic mass is 9.74. The van der Waals surface area contributed by atoms with Crippen LogP contribution < -0.4 is 10.1 Å². The molecule has 0 radical (unpaired) electrons. The van der Waals surface area contributed by atoms with Crippen LogP contribution in [0.25, 0.3) is 0 Å². The van der Waals surface area contributed by atoms with Crippen LogP contribution in [-0.2, 0) is 16.1 Å². The molecule has 6 nitrogen and oxygen atoms in total. The highest BCUT2D eigenvalue weighted by atomic mass is 32.2. The molecular weight excluding hydrogens is 352 g/mol. The molecule has 1 N–H and O–H groups in total. The summed E-state index contributed by atoms with van der Waals surface area (Å²) in [6.45, 7) is 2.73. The maximum Gasteiger partial charge on any atom is 0.286 e. The molecule has 1 aliphatic carbocycles. The van der Waals surface area contributed by atoms with Crippen LogP contribution in [0.2, 0.25) is 0 Å². The largest absolute Gasteiger partial charge is 0.493 e. The summed E-state index contributed by atoms with van der Waals surface area (Å²) >= 11 is 1.05. The van der Waals surface area contributed by atoms with Gasteiger partial charge in [-0.3, -0.25) is 14.9 Å². The average Bonchev–Trinajstić information content (AvgIpc) is 2.94. The highest BCUT2D eigenvalue weighted by Gasteiger charge is 2.35. The number of hydrogen-bond acceptors (Lipinski definition) is 6. The van der Waals surface area contributed by atoms with E-state index in [-0.39, 0.29) is 21.8 Å². The molecule has 1 aromatic rings.